The van der Waals surface area contributed by atoms with Crippen molar-refractivity contribution in [1.82, 2.24) is 10.6 Å². The largest absolute Gasteiger partial charge is 0.370 e. The minimum atomic E-state index is -0.909. The van der Waals surface area contributed by atoms with Crippen molar-refractivity contribution in [1.29, 1.82) is 0 Å². The number of carbonyl (C=O) groups excluding carboxylic acids is 3. The summed E-state index contributed by atoms with van der Waals surface area (Å²) in [7, 11) is 0. The highest BCUT2D eigenvalue weighted by Crippen LogP contribution is 2.26. The SMILES string of the molecule is NC(=O)CC(NC(=O)CCCC1CCCCCC1)C(=O)NCCc1ccccc1. The second-order valence-electron chi connectivity index (χ2n) is 8.07. The smallest absolute Gasteiger partial charge is 0.243 e. The Balaban J connectivity index is 1.73. The number of amides is 3. The van der Waals surface area contributed by atoms with E-state index in [4.69, 9.17) is 5.73 Å². The van der Waals surface area contributed by atoms with Crippen molar-refractivity contribution >= 4 is 17.7 Å². The highest BCUT2D eigenvalue weighted by molar-refractivity contribution is 5.91. The lowest BCUT2D eigenvalue weighted by molar-refractivity contribution is -0.131. The predicted octanol–water partition coefficient (Wildman–Crippen LogP) is 2.85. The van der Waals surface area contributed by atoms with E-state index in [2.05, 4.69) is 10.6 Å². The van der Waals surface area contributed by atoms with Crippen LogP contribution < -0.4 is 16.4 Å². The normalized spacial score (nSPS) is 15.9. The van der Waals surface area contributed by atoms with Crippen LogP contribution in [0.5, 0.6) is 0 Å². The maximum atomic E-state index is 12.4. The summed E-state index contributed by atoms with van der Waals surface area (Å²) >= 11 is 0. The van der Waals surface area contributed by atoms with Gasteiger partial charge in [-0.1, -0.05) is 68.9 Å². The van der Waals surface area contributed by atoms with E-state index in [0.29, 0.717) is 25.3 Å². The van der Waals surface area contributed by atoms with Crippen LogP contribution in [0.3, 0.4) is 0 Å². The molecule has 1 aliphatic rings. The molecule has 0 radical (unpaired) electrons. The number of carbonyl (C=O) groups is 3. The van der Waals surface area contributed by atoms with E-state index >= 15 is 0 Å². The second kappa shape index (κ2) is 13.0. The molecular weight excluding hydrogens is 366 g/mol. The van der Waals surface area contributed by atoms with Gasteiger partial charge in [0.1, 0.15) is 6.04 Å². The molecule has 0 spiro atoms. The maximum absolute atomic E-state index is 12.4. The van der Waals surface area contributed by atoms with Crippen LogP contribution in [0.1, 0.15) is 69.8 Å². The first kappa shape index (κ1) is 22.9. The number of nitrogens with two attached hydrogens (primary N) is 1. The lowest BCUT2D eigenvalue weighted by atomic mass is 9.94. The third-order valence-corrected chi connectivity index (χ3v) is 5.60. The Hall–Kier alpha value is -2.37. The van der Waals surface area contributed by atoms with Crippen LogP contribution in [-0.2, 0) is 20.8 Å². The Bertz CT molecular complexity index is 640. The van der Waals surface area contributed by atoms with Crippen LogP contribution >= 0.6 is 0 Å². The molecule has 0 saturated heterocycles. The zero-order valence-corrected chi connectivity index (χ0v) is 17.3. The van der Waals surface area contributed by atoms with Gasteiger partial charge in [-0.15, -0.1) is 0 Å². The van der Waals surface area contributed by atoms with E-state index in [-0.39, 0.29) is 18.2 Å². The van der Waals surface area contributed by atoms with Gasteiger partial charge in [0.25, 0.3) is 0 Å². The Morgan fingerprint density at radius 2 is 1.72 bits per heavy atom. The summed E-state index contributed by atoms with van der Waals surface area (Å²) in [5, 5.41) is 5.49. The standard InChI is InChI=1S/C23H35N3O3/c24-21(27)17-20(23(29)25-16-15-19-11-6-3-7-12-19)26-22(28)14-8-13-18-9-4-1-2-5-10-18/h3,6-7,11-12,18,20H,1-2,4-5,8-10,13-17H2,(H2,24,27)(H,25,29)(H,26,28). The van der Waals surface area contributed by atoms with Gasteiger partial charge < -0.3 is 16.4 Å². The first-order chi connectivity index (χ1) is 14.0. The molecule has 2 rings (SSSR count). The molecule has 0 aromatic heterocycles. The summed E-state index contributed by atoms with van der Waals surface area (Å²) in [5.41, 5.74) is 6.38. The highest BCUT2D eigenvalue weighted by Gasteiger charge is 2.22. The molecule has 1 aromatic rings. The molecule has 1 atom stereocenters. The van der Waals surface area contributed by atoms with Gasteiger partial charge in [0.15, 0.2) is 0 Å². The van der Waals surface area contributed by atoms with E-state index in [1.54, 1.807) is 0 Å². The van der Waals surface area contributed by atoms with Crippen LogP contribution in [0.15, 0.2) is 30.3 Å². The molecule has 160 valence electrons. The fourth-order valence-corrected chi connectivity index (χ4v) is 3.98. The Morgan fingerprint density at radius 1 is 1.03 bits per heavy atom. The third-order valence-electron chi connectivity index (χ3n) is 5.60. The first-order valence-electron chi connectivity index (χ1n) is 10.9. The van der Waals surface area contributed by atoms with Gasteiger partial charge in [0.2, 0.25) is 17.7 Å². The minimum absolute atomic E-state index is 0.189. The molecule has 1 saturated carbocycles. The van der Waals surface area contributed by atoms with Crippen molar-refractivity contribution in [3.8, 4) is 0 Å². The molecule has 4 N–H and O–H groups in total. The predicted molar refractivity (Wildman–Crippen MR) is 114 cm³/mol. The summed E-state index contributed by atoms with van der Waals surface area (Å²) in [4.78, 5) is 36.1. The number of hydrogen-bond acceptors (Lipinski definition) is 3. The summed E-state index contributed by atoms with van der Waals surface area (Å²) in [6, 6.07) is 8.90. The quantitative estimate of drug-likeness (QED) is 0.497. The van der Waals surface area contributed by atoms with Crippen molar-refractivity contribution in [2.75, 3.05) is 6.54 Å². The zero-order chi connectivity index (χ0) is 20.9. The number of rotatable bonds is 11. The first-order valence-corrected chi connectivity index (χ1v) is 10.9. The summed E-state index contributed by atoms with van der Waals surface area (Å²) < 4.78 is 0. The number of nitrogens with one attached hydrogen (secondary N) is 2. The molecule has 1 aliphatic carbocycles. The lowest BCUT2D eigenvalue weighted by Crippen LogP contribution is -2.49. The number of primary amides is 1. The van der Waals surface area contributed by atoms with Crippen molar-refractivity contribution in [3.05, 3.63) is 35.9 Å². The molecule has 6 heteroatoms. The zero-order valence-electron chi connectivity index (χ0n) is 17.3. The average Bonchev–Trinajstić information content (AvgIpc) is 2.97. The molecule has 6 nitrogen and oxygen atoms in total. The van der Waals surface area contributed by atoms with Gasteiger partial charge in [-0.2, -0.15) is 0 Å². The van der Waals surface area contributed by atoms with Gasteiger partial charge in [0, 0.05) is 13.0 Å². The van der Waals surface area contributed by atoms with E-state index in [9.17, 15) is 14.4 Å². The fraction of sp³-hybridized carbons (Fsp3) is 0.609. The number of benzene rings is 1. The number of hydrogen-bond donors (Lipinski definition) is 3. The second-order valence-corrected chi connectivity index (χ2v) is 8.07. The van der Waals surface area contributed by atoms with Gasteiger partial charge in [-0.3, -0.25) is 14.4 Å². The van der Waals surface area contributed by atoms with Crippen LogP contribution in [0, 0.1) is 5.92 Å². The highest BCUT2D eigenvalue weighted by atomic mass is 16.2. The third kappa shape index (κ3) is 9.59. The van der Waals surface area contributed by atoms with E-state index in [1.165, 1.54) is 38.5 Å². The van der Waals surface area contributed by atoms with Gasteiger partial charge in [-0.05, 0) is 30.7 Å². The Labute approximate surface area is 174 Å². The molecular formula is C23H35N3O3. The van der Waals surface area contributed by atoms with Crippen LogP contribution in [-0.4, -0.2) is 30.3 Å². The fourth-order valence-electron chi connectivity index (χ4n) is 3.98. The van der Waals surface area contributed by atoms with E-state index in [0.717, 1.165) is 18.4 Å². The van der Waals surface area contributed by atoms with Crippen LogP contribution in [0.4, 0.5) is 0 Å². The van der Waals surface area contributed by atoms with E-state index in [1.807, 2.05) is 30.3 Å². The van der Waals surface area contributed by atoms with Crippen molar-refractivity contribution in [2.24, 2.45) is 11.7 Å². The molecule has 0 heterocycles. The monoisotopic (exact) mass is 401 g/mol. The topological polar surface area (TPSA) is 101 Å². The molecule has 29 heavy (non-hydrogen) atoms. The van der Waals surface area contributed by atoms with Crippen molar-refractivity contribution in [3.63, 3.8) is 0 Å². The van der Waals surface area contributed by atoms with Crippen LogP contribution in [0.2, 0.25) is 0 Å². The average molecular weight is 402 g/mol. The van der Waals surface area contributed by atoms with Crippen molar-refractivity contribution < 1.29 is 14.4 Å². The Kier molecular flexibility index (Phi) is 10.2. The molecule has 0 aliphatic heterocycles. The maximum Gasteiger partial charge on any atom is 0.243 e. The molecule has 0 bridgehead atoms. The van der Waals surface area contributed by atoms with Gasteiger partial charge in [-0.25, -0.2) is 0 Å². The summed E-state index contributed by atoms with van der Waals surface area (Å²) in [5.74, 6) is -0.445. The Morgan fingerprint density at radius 3 is 2.38 bits per heavy atom. The van der Waals surface area contributed by atoms with Gasteiger partial charge in [0.05, 0.1) is 6.42 Å². The van der Waals surface area contributed by atoms with Crippen molar-refractivity contribution in [2.45, 2.75) is 76.7 Å². The van der Waals surface area contributed by atoms with E-state index < -0.39 is 11.9 Å². The molecule has 1 fully saturated rings. The van der Waals surface area contributed by atoms with Gasteiger partial charge >= 0.3 is 0 Å². The minimum Gasteiger partial charge on any atom is -0.370 e. The molecule has 3 amide bonds. The molecule has 1 aromatic carbocycles. The summed E-state index contributed by atoms with van der Waals surface area (Å²) in [6.07, 6.45) is 10.5. The molecule has 1 unspecified atom stereocenters. The summed E-state index contributed by atoms with van der Waals surface area (Å²) in [6.45, 7) is 0.440. The van der Waals surface area contributed by atoms with Crippen LogP contribution in [0.25, 0.3) is 0 Å². The lowest BCUT2D eigenvalue weighted by Gasteiger charge is -2.18.